The van der Waals surface area contributed by atoms with E-state index in [0.29, 0.717) is 5.92 Å². The maximum Gasteiger partial charge on any atom is 0.122 e. The third-order valence-corrected chi connectivity index (χ3v) is 1.91. The summed E-state index contributed by atoms with van der Waals surface area (Å²) in [6.45, 7) is 6.13. The van der Waals surface area contributed by atoms with Crippen LogP contribution in [0.1, 0.15) is 31.4 Å². The molecule has 12 heavy (non-hydrogen) atoms. The van der Waals surface area contributed by atoms with Gasteiger partial charge >= 0.3 is 0 Å². The smallest absolute Gasteiger partial charge is 0.122 e. The van der Waals surface area contributed by atoms with Crippen molar-refractivity contribution in [2.45, 2.75) is 26.8 Å². The van der Waals surface area contributed by atoms with Gasteiger partial charge in [0.1, 0.15) is 11.5 Å². The molecule has 0 aromatic carbocycles. The van der Waals surface area contributed by atoms with Gasteiger partial charge in [0.25, 0.3) is 0 Å². The minimum absolute atomic E-state index is 0.110. The molecule has 0 saturated heterocycles. The molecule has 1 aromatic heterocycles. The number of furan rings is 1. The van der Waals surface area contributed by atoms with Gasteiger partial charge in [0.15, 0.2) is 0 Å². The zero-order chi connectivity index (χ0) is 9.14. The van der Waals surface area contributed by atoms with Crippen molar-refractivity contribution in [2.24, 2.45) is 11.8 Å². The van der Waals surface area contributed by atoms with Crippen LogP contribution in [0.15, 0.2) is 16.5 Å². The second kappa shape index (κ2) is 3.74. The van der Waals surface area contributed by atoms with E-state index in [-0.39, 0.29) is 6.04 Å². The summed E-state index contributed by atoms with van der Waals surface area (Å²) in [6.07, 6.45) is 0. The van der Waals surface area contributed by atoms with Gasteiger partial charge < -0.3 is 4.42 Å². The Morgan fingerprint density at radius 2 is 2.08 bits per heavy atom. The fourth-order valence-electron chi connectivity index (χ4n) is 1.22. The molecule has 1 aromatic rings. The second-order valence-corrected chi connectivity index (χ2v) is 3.34. The lowest BCUT2D eigenvalue weighted by Crippen LogP contribution is -2.31. The Morgan fingerprint density at radius 1 is 1.42 bits per heavy atom. The molecule has 68 valence electrons. The molecule has 0 amide bonds. The van der Waals surface area contributed by atoms with Crippen LogP contribution in [0.3, 0.4) is 0 Å². The quantitative estimate of drug-likeness (QED) is 0.534. The van der Waals surface area contributed by atoms with Crippen molar-refractivity contribution in [1.29, 1.82) is 0 Å². The third kappa shape index (κ3) is 1.87. The zero-order valence-electron chi connectivity index (χ0n) is 7.79. The summed E-state index contributed by atoms with van der Waals surface area (Å²) in [7, 11) is 0. The molecule has 3 N–H and O–H groups in total. The van der Waals surface area contributed by atoms with E-state index in [9.17, 15) is 0 Å². The Bertz CT molecular complexity index is 242. The SMILES string of the molecule is Cc1ccc(C(NN)C(C)C)o1. The van der Waals surface area contributed by atoms with Crippen molar-refractivity contribution in [3.63, 3.8) is 0 Å². The monoisotopic (exact) mass is 168 g/mol. The Balaban J connectivity index is 2.80. The zero-order valence-corrected chi connectivity index (χ0v) is 7.79. The summed E-state index contributed by atoms with van der Waals surface area (Å²) in [5.41, 5.74) is 2.74. The summed E-state index contributed by atoms with van der Waals surface area (Å²) in [4.78, 5) is 0. The van der Waals surface area contributed by atoms with Crippen molar-refractivity contribution >= 4 is 0 Å². The van der Waals surface area contributed by atoms with Gasteiger partial charge in [-0.25, -0.2) is 5.43 Å². The number of hydrogen-bond acceptors (Lipinski definition) is 3. The average molecular weight is 168 g/mol. The molecule has 0 aliphatic carbocycles. The van der Waals surface area contributed by atoms with Gasteiger partial charge in [-0.3, -0.25) is 5.84 Å². The van der Waals surface area contributed by atoms with Gasteiger partial charge in [-0.05, 0) is 25.0 Å². The van der Waals surface area contributed by atoms with Crippen LogP contribution in [0.25, 0.3) is 0 Å². The van der Waals surface area contributed by atoms with Crippen LogP contribution >= 0.6 is 0 Å². The number of aryl methyl sites for hydroxylation is 1. The molecule has 0 aliphatic rings. The highest BCUT2D eigenvalue weighted by Crippen LogP contribution is 2.22. The number of rotatable bonds is 3. The Kier molecular flexibility index (Phi) is 2.89. The molecule has 1 unspecified atom stereocenters. The summed E-state index contributed by atoms with van der Waals surface area (Å²) >= 11 is 0. The number of hydrogen-bond donors (Lipinski definition) is 2. The fraction of sp³-hybridized carbons (Fsp3) is 0.556. The molecule has 0 saturated carbocycles. The Morgan fingerprint density at radius 3 is 2.42 bits per heavy atom. The predicted molar refractivity (Wildman–Crippen MR) is 48.3 cm³/mol. The van der Waals surface area contributed by atoms with Crippen LogP contribution in [0, 0.1) is 12.8 Å². The first-order valence-corrected chi connectivity index (χ1v) is 4.17. The largest absolute Gasteiger partial charge is 0.465 e. The summed E-state index contributed by atoms with van der Waals surface area (Å²) in [5, 5.41) is 0. The van der Waals surface area contributed by atoms with Crippen LogP contribution in [-0.4, -0.2) is 0 Å². The van der Waals surface area contributed by atoms with Crippen molar-refractivity contribution in [2.75, 3.05) is 0 Å². The normalized spacial score (nSPS) is 13.8. The maximum absolute atomic E-state index is 5.46. The average Bonchev–Trinajstić information content (AvgIpc) is 2.37. The van der Waals surface area contributed by atoms with Crippen LogP contribution in [0.5, 0.6) is 0 Å². The van der Waals surface area contributed by atoms with Crippen LogP contribution in [0.2, 0.25) is 0 Å². The first-order valence-electron chi connectivity index (χ1n) is 4.17. The molecule has 1 rings (SSSR count). The standard InChI is InChI=1S/C9H16N2O/c1-6(2)9(11-10)8-5-4-7(3)12-8/h4-6,9,11H,10H2,1-3H3. The summed E-state index contributed by atoms with van der Waals surface area (Å²) < 4.78 is 5.46. The summed E-state index contributed by atoms with van der Waals surface area (Å²) in [6, 6.07) is 4.01. The highest BCUT2D eigenvalue weighted by molar-refractivity contribution is 5.09. The van der Waals surface area contributed by atoms with E-state index < -0.39 is 0 Å². The van der Waals surface area contributed by atoms with Crippen molar-refractivity contribution < 1.29 is 4.42 Å². The molecule has 0 aliphatic heterocycles. The highest BCUT2D eigenvalue weighted by atomic mass is 16.3. The van der Waals surface area contributed by atoms with E-state index in [2.05, 4.69) is 19.3 Å². The van der Waals surface area contributed by atoms with Gasteiger partial charge in [0, 0.05) is 0 Å². The molecule has 3 nitrogen and oxygen atoms in total. The Hall–Kier alpha value is -0.800. The lowest BCUT2D eigenvalue weighted by atomic mass is 10.0. The molecule has 0 fully saturated rings. The maximum atomic E-state index is 5.46. The third-order valence-electron chi connectivity index (χ3n) is 1.91. The predicted octanol–water partition coefficient (Wildman–Crippen LogP) is 1.75. The van der Waals surface area contributed by atoms with E-state index in [0.717, 1.165) is 11.5 Å². The first kappa shape index (κ1) is 9.29. The highest BCUT2D eigenvalue weighted by Gasteiger charge is 2.16. The van der Waals surface area contributed by atoms with Crippen LogP contribution in [-0.2, 0) is 0 Å². The van der Waals surface area contributed by atoms with Gasteiger partial charge in [0.05, 0.1) is 6.04 Å². The lowest BCUT2D eigenvalue weighted by Gasteiger charge is -2.16. The molecule has 0 bridgehead atoms. The van der Waals surface area contributed by atoms with Gasteiger partial charge in [0.2, 0.25) is 0 Å². The van der Waals surface area contributed by atoms with Crippen LogP contribution < -0.4 is 11.3 Å². The van der Waals surface area contributed by atoms with E-state index in [1.54, 1.807) is 0 Å². The minimum atomic E-state index is 0.110. The number of hydrazine groups is 1. The molecular formula is C9H16N2O. The van der Waals surface area contributed by atoms with E-state index >= 15 is 0 Å². The fourth-order valence-corrected chi connectivity index (χ4v) is 1.22. The molecule has 0 spiro atoms. The van der Waals surface area contributed by atoms with Crippen molar-refractivity contribution in [3.8, 4) is 0 Å². The summed E-state index contributed by atoms with van der Waals surface area (Å²) in [5.74, 6) is 7.67. The van der Waals surface area contributed by atoms with Gasteiger partial charge in [-0.15, -0.1) is 0 Å². The first-order chi connectivity index (χ1) is 5.65. The minimum Gasteiger partial charge on any atom is -0.465 e. The molecule has 3 heteroatoms. The Labute approximate surface area is 72.9 Å². The van der Waals surface area contributed by atoms with Gasteiger partial charge in [-0.1, -0.05) is 13.8 Å². The molecular weight excluding hydrogens is 152 g/mol. The second-order valence-electron chi connectivity index (χ2n) is 3.34. The topological polar surface area (TPSA) is 51.2 Å². The van der Waals surface area contributed by atoms with Crippen molar-refractivity contribution in [1.82, 2.24) is 5.43 Å². The lowest BCUT2D eigenvalue weighted by molar-refractivity contribution is 0.339. The van der Waals surface area contributed by atoms with Gasteiger partial charge in [-0.2, -0.15) is 0 Å². The van der Waals surface area contributed by atoms with E-state index in [4.69, 9.17) is 10.3 Å². The molecule has 0 radical (unpaired) electrons. The molecule has 1 heterocycles. The molecule has 1 atom stereocenters. The van der Waals surface area contributed by atoms with E-state index in [1.807, 2.05) is 19.1 Å². The van der Waals surface area contributed by atoms with Crippen molar-refractivity contribution in [3.05, 3.63) is 23.7 Å². The van der Waals surface area contributed by atoms with Crippen LogP contribution in [0.4, 0.5) is 0 Å². The number of nitrogens with two attached hydrogens (primary N) is 1. The number of nitrogens with one attached hydrogen (secondary N) is 1. The van der Waals surface area contributed by atoms with E-state index in [1.165, 1.54) is 0 Å².